The molecule has 0 aromatic rings. The van der Waals surface area contributed by atoms with Crippen LogP contribution < -0.4 is 11.1 Å². The van der Waals surface area contributed by atoms with Gasteiger partial charge in [0.25, 0.3) is 5.91 Å². The lowest BCUT2D eigenvalue weighted by Crippen LogP contribution is -2.90. The second kappa shape index (κ2) is 12.9. The van der Waals surface area contributed by atoms with E-state index in [4.69, 9.17) is 34.2 Å². The molecule has 0 aromatic carbocycles. The number of ether oxygens (including phenoxy) is 6. The van der Waals surface area contributed by atoms with Crippen LogP contribution in [0.15, 0.2) is 23.0 Å². The summed E-state index contributed by atoms with van der Waals surface area (Å²) in [6.07, 6.45) is -4.41. The summed E-state index contributed by atoms with van der Waals surface area (Å²) < 4.78 is 34.2. The molecule has 15 nitrogen and oxygen atoms in total. The van der Waals surface area contributed by atoms with Crippen molar-refractivity contribution < 1.29 is 62.6 Å². The molecule has 3 aliphatic carbocycles. The van der Waals surface area contributed by atoms with Crippen LogP contribution in [0.1, 0.15) is 74.1 Å². The van der Waals surface area contributed by atoms with E-state index in [0.717, 1.165) is 18.8 Å². The van der Waals surface area contributed by atoms with Gasteiger partial charge in [0.05, 0.1) is 37.4 Å². The molecule has 1 spiro atoms. The maximum absolute atomic E-state index is 13.8. The van der Waals surface area contributed by atoms with Crippen LogP contribution in [0.25, 0.3) is 0 Å². The second-order valence-corrected chi connectivity index (χ2v) is 15.7. The van der Waals surface area contributed by atoms with Gasteiger partial charge in [-0.3, -0.25) is 9.59 Å². The van der Waals surface area contributed by atoms with Crippen molar-refractivity contribution in [2.45, 2.75) is 115 Å². The topological polar surface area (TPSA) is 219 Å². The molecular formula is C35H50N2O13. The Morgan fingerprint density at radius 3 is 2.46 bits per heavy atom. The molecule has 1 unspecified atom stereocenters. The standard InChI is InChI=1S/C35H50N2O13/c1-17(2)13-24(40)49-28-29(43)48-21-14-19-18(3)20(46-15-22(38)37-12-10-23(39)50-31(4,5)6)9-11-32(19,7)26-25(41)27(42)34(30(44)45-8)35(28,36)33(21,26)16-47-34/h13,19,21,25-28,41-42H,9-12,14-16,36H2,1-8H3,(H,37,38)/t19-,21+,25+,26?,27-,28-,32-,33+,34-,35-/m0/s1. The zero-order valence-corrected chi connectivity index (χ0v) is 30.0. The van der Waals surface area contributed by atoms with E-state index in [0.29, 0.717) is 24.2 Å². The zero-order chi connectivity index (χ0) is 37.2. The Labute approximate surface area is 291 Å². The Morgan fingerprint density at radius 2 is 1.84 bits per heavy atom. The monoisotopic (exact) mass is 706 g/mol. The number of nitrogens with two attached hydrogens (primary N) is 1. The van der Waals surface area contributed by atoms with E-state index in [9.17, 15) is 34.2 Å². The Kier molecular flexibility index (Phi) is 9.74. The normalized spacial score (nSPS) is 38.5. The van der Waals surface area contributed by atoms with Gasteiger partial charge in [-0.15, -0.1) is 0 Å². The Morgan fingerprint density at radius 1 is 1.16 bits per heavy atom. The number of fused-ring (bicyclic) bond motifs is 2. The number of rotatable bonds is 9. The van der Waals surface area contributed by atoms with Crippen molar-refractivity contribution in [1.82, 2.24) is 5.32 Å². The summed E-state index contributed by atoms with van der Waals surface area (Å²) in [5.41, 5.74) is 0.974. The summed E-state index contributed by atoms with van der Waals surface area (Å²) in [5, 5.41) is 26.5. The molecule has 2 saturated heterocycles. The molecule has 0 radical (unpaired) electrons. The van der Waals surface area contributed by atoms with Gasteiger partial charge in [-0.05, 0) is 71.3 Å². The van der Waals surface area contributed by atoms with Crippen LogP contribution in [-0.4, -0.2) is 108 Å². The summed E-state index contributed by atoms with van der Waals surface area (Å²) >= 11 is 0. The summed E-state index contributed by atoms with van der Waals surface area (Å²) in [5.74, 6) is -4.68. The number of hydrogen-bond donors (Lipinski definition) is 4. The first kappa shape index (κ1) is 37.7. The van der Waals surface area contributed by atoms with Crippen LogP contribution >= 0.6 is 0 Å². The molecule has 10 atom stereocenters. The highest BCUT2D eigenvalue weighted by atomic mass is 16.6. The third-order valence-electron chi connectivity index (χ3n) is 11.4. The SMILES string of the molecule is COC(=O)[C@@]12OC[C@]34C([C@@H](O)[C@@H]1O)[C@@]1(C)CCC(OCC(=O)NCCC(=O)OC(C)(C)C)=C(C)[C@@H]1C[C@H]3OC(=O)[C@H](OC(=O)C=C(C)C)[C@@]24N. The fourth-order valence-corrected chi connectivity index (χ4v) is 9.54. The van der Waals surface area contributed by atoms with E-state index in [1.165, 1.54) is 0 Å². The van der Waals surface area contributed by atoms with Gasteiger partial charge >= 0.3 is 23.9 Å². The minimum Gasteiger partial charge on any atom is -0.488 e. The molecule has 2 aliphatic heterocycles. The highest BCUT2D eigenvalue weighted by Gasteiger charge is 2.91. The predicted molar refractivity (Wildman–Crippen MR) is 172 cm³/mol. The molecule has 2 bridgehead atoms. The summed E-state index contributed by atoms with van der Waals surface area (Å²) in [6.45, 7) is 11.8. The maximum atomic E-state index is 13.8. The zero-order valence-electron chi connectivity index (χ0n) is 30.0. The molecule has 5 rings (SSSR count). The number of amides is 1. The average Bonchev–Trinajstić information content (AvgIpc) is 3.22. The van der Waals surface area contributed by atoms with Gasteiger partial charge in [0, 0.05) is 25.0 Å². The van der Waals surface area contributed by atoms with Gasteiger partial charge in [0.15, 0.2) is 6.61 Å². The molecule has 0 aromatic heterocycles. The molecule has 278 valence electrons. The number of aliphatic hydroxyl groups is 2. The molecular weight excluding hydrogens is 656 g/mol. The van der Waals surface area contributed by atoms with Gasteiger partial charge in [-0.2, -0.15) is 0 Å². The van der Waals surface area contributed by atoms with Crippen molar-refractivity contribution in [1.29, 1.82) is 0 Å². The Hall–Kier alpha value is -3.53. The van der Waals surface area contributed by atoms with E-state index < -0.39 is 93.6 Å². The highest BCUT2D eigenvalue weighted by molar-refractivity contribution is 5.92. The third-order valence-corrected chi connectivity index (χ3v) is 11.4. The lowest BCUT2D eigenvalue weighted by Gasteiger charge is -2.70. The average molecular weight is 707 g/mol. The first-order valence-corrected chi connectivity index (χ1v) is 17.0. The van der Waals surface area contributed by atoms with Crippen molar-refractivity contribution in [3.8, 4) is 0 Å². The van der Waals surface area contributed by atoms with Crippen LogP contribution in [0.2, 0.25) is 0 Å². The van der Waals surface area contributed by atoms with E-state index in [1.807, 2.05) is 13.8 Å². The van der Waals surface area contributed by atoms with Gasteiger partial charge in [0.1, 0.15) is 23.3 Å². The van der Waals surface area contributed by atoms with Crippen LogP contribution in [0.5, 0.6) is 0 Å². The number of hydrogen-bond acceptors (Lipinski definition) is 14. The fraction of sp³-hybridized carbons (Fsp3) is 0.743. The van der Waals surface area contributed by atoms with Crippen LogP contribution in [0.3, 0.4) is 0 Å². The van der Waals surface area contributed by atoms with Crippen molar-refractivity contribution in [3.05, 3.63) is 23.0 Å². The number of carbonyl (C=O) groups excluding carboxylic acids is 5. The third kappa shape index (κ3) is 5.51. The number of esters is 4. The minimum atomic E-state index is -2.47. The number of aliphatic hydroxyl groups excluding tert-OH is 2. The molecule has 15 heteroatoms. The summed E-state index contributed by atoms with van der Waals surface area (Å²) in [7, 11) is 1.07. The van der Waals surface area contributed by atoms with Crippen molar-refractivity contribution >= 4 is 29.8 Å². The van der Waals surface area contributed by atoms with E-state index >= 15 is 0 Å². The largest absolute Gasteiger partial charge is 0.488 e. The number of methoxy groups -OCH3 is 1. The summed E-state index contributed by atoms with van der Waals surface area (Å²) in [4.78, 5) is 65.1. The first-order valence-electron chi connectivity index (χ1n) is 17.0. The lowest BCUT2D eigenvalue weighted by atomic mass is 9.36. The molecule has 5 N–H and O–H groups in total. The number of allylic oxidation sites excluding steroid dienone is 3. The first-order chi connectivity index (χ1) is 23.2. The van der Waals surface area contributed by atoms with Crippen molar-refractivity contribution in [2.24, 2.45) is 28.4 Å². The quantitative estimate of drug-likeness (QED) is 0.148. The molecule has 2 saturated carbocycles. The van der Waals surface area contributed by atoms with Crippen LogP contribution in [-0.2, 0) is 52.4 Å². The molecule has 50 heavy (non-hydrogen) atoms. The molecule has 5 aliphatic rings. The van der Waals surface area contributed by atoms with Gasteiger partial charge in [0.2, 0.25) is 11.7 Å². The van der Waals surface area contributed by atoms with Crippen molar-refractivity contribution in [3.63, 3.8) is 0 Å². The Balaban J connectivity index is 1.46. The fourth-order valence-electron chi connectivity index (χ4n) is 9.54. The van der Waals surface area contributed by atoms with Gasteiger partial charge < -0.3 is 49.7 Å². The van der Waals surface area contributed by atoms with E-state index in [2.05, 4.69) is 5.32 Å². The van der Waals surface area contributed by atoms with Gasteiger partial charge in [-0.25, -0.2) is 14.4 Å². The number of carbonyl (C=O) groups is 5. The van der Waals surface area contributed by atoms with Crippen molar-refractivity contribution in [2.75, 3.05) is 26.9 Å². The lowest BCUT2D eigenvalue weighted by molar-refractivity contribution is -0.298. The Bertz CT molecular complexity index is 1510. The van der Waals surface area contributed by atoms with Gasteiger partial charge in [-0.1, -0.05) is 12.5 Å². The predicted octanol–water partition coefficient (Wildman–Crippen LogP) is 0.726. The van der Waals surface area contributed by atoms with Crippen LogP contribution in [0.4, 0.5) is 0 Å². The number of nitrogens with one attached hydrogen (secondary N) is 1. The second-order valence-electron chi connectivity index (χ2n) is 15.7. The van der Waals surface area contributed by atoms with E-state index in [-0.39, 0.29) is 32.6 Å². The minimum absolute atomic E-state index is 0.00119. The molecule has 1 amide bonds. The van der Waals surface area contributed by atoms with E-state index in [1.54, 1.807) is 34.6 Å². The van der Waals surface area contributed by atoms with Crippen LogP contribution in [0, 0.1) is 22.7 Å². The molecule has 2 heterocycles. The maximum Gasteiger partial charge on any atom is 0.349 e. The summed E-state index contributed by atoms with van der Waals surface area (Å²) in [6, 6.07) is 0. The smallest absolute Gasteiger partial charge is 0.349 e. The highest BCUT2D eigenvalue weighted by Crippen LogP contribution is 2.73. The molecule has 4 fully saturated rings.